The van der Waals surface area contributed by atoms with Crippen LogP contribution in [-0.2, 0) is 0 Å². The molecule has 31 heavy (non-hydrogen) atoms. The molecule has 1 fully saturated rings. The SMILES string of the molecule is COc1ccc(C2=C[C@@H]3c4ccccc4OC4(CC[NH+](C(C)C)CC4)N3N2)cc1OC. The molecule has 0 amide bonds. The maximum Gasteiger partial charge on any atom is 0.191 e. The minimum atomic E-state index is -0.341. The molecule has 0 saturated carbocycles. The Morgan fingerprint density at radius 3 is 2.52 bits per heavy atom. The number of hydrogen-bond donors (Lipinski definition) is 2. The van der Waals surface area contributed by atoms with Gasteiger partial charge in [-0.05, 0) is 44.2 Å². The van der Waals surface area contributed by atoms with Crippen LogP contribution in [0.25, 0.3) is 5.70 Å². The van der Waals surface area contributed by atoms with E-state index in [0.717, 1.165) is 54.4 Å². The molecule has 2 N–H and O–H groups in total. The molecule has 2 aromatic rings. The van der Waals surface area contributed by atoms with Crippen molar-refractivity contribution in [2.75, 3.05) is 27.3 Å². The van der Waals surface area contributed by atoms with E-state index in [1.165, 1.54) is 5.56 Å². The van der Waals surface area contributed by atoms with Gasteiger partial charge in [-0.1, -0.05) is 18.2 Å². The largest absolute Gasteiger partial charge is 0.493 e. The van der Waals surface area contributed by atoms with E-state index >= 15 is 0 Å². The first-order valence-electron chi connectivity index (χ1n) is 11.2. The summed E-state index contributed by atoms with van der Waals surface area (Å²) in [5, 5.41) is 2.35. The monoisotopic (exact) mass is 422 g/mol. The second-order valence-corrected chi connectivity index (χ2v) is 8.98. The van der Waals surface area contributed by atoms with E-state index in [9.17, 15) is 0 Å². The first kappa shape index (κ1) is 20.2. The van der Waals surface area contributed by atoms with Crippen molar-refractivity contribution in [2.45, 2.75) is 44.5 Å². The average molecular weight is 423 g/mol. The number of hydrazine groups is 1. The van der Waals surface area contributed by atoms with E-state index in [0.29, 0.717) is 6.04 Å². The van der Waals surface area contributed by atoms with E-state index in [1.807, 2.05) is 12.1 Å². The third-order valence-electron chi connectivity index (χ3n) is 7.00. The van der Waals surface area contributed by atoms with Crippen molar-refractivity contribution >= 4 is 5.70 Å². The summed E-state index contributed by atoms with van der Waals surface area (Å²) in [5.74, 6) is 2.47. The highest BCUT2D eigenvalue weighted by Crippen LogP contribution is 2.47. The quantitative estimate of drug-likeness (QED) is 0.794. The van der Waals surface area contributed by atoms with Crippen molar-refractivity contribution in [1.82, 2.24) is 10.4 Å². The lowest BCUT2D eigenvalue weighted by molar-refractivity contribution is -0.929. The van der Waals surface area contributed by atoms with Gasteiger partial charge in [-0.2, -0.15) is 5.01 Å². The maximum atomic E-state index is 6.74. The van der Waals surface area contributed by atoms with E-state index in [2.05, 4.69) is 60.7 Å². The molecule has 2 aromatic carbocycles. The van der Waals surface area contributed by atoms with Crippen molar-refractivity contribution in [3.05, 3.63) is 59.7 Å². The number of hydrogen-bond acceptors (Lipinski definition) is 5. The summed E-state index contributed by atoms with van der Waals surface area (Å²) in [6, 6.07) is 15.3. The van der Waals surface area contributed by atoms with Gasteiger partial charge in [0.15, 0.2) is 17.2 Å². The molecule has 1 saturated heterocycles. The van der Waals surface area contributed by atoms with E-state index < -0.39 is 0 Å². The second-order valence-electron chi connectivity index (χ2n) is 8.98. The number of ether oxygens (including phenoxy) is 3. The van der Waals surface area contributed by atoms with Gasteiger partial charge in [0.05, 0.1) is 57.9 Å². The summed E-state index contributed by atoms with van der Waals surface area (Å²) in [5.41, 5.74) is 6.72. The summed E-state index contributed by atoms with van der Waals surface area (Å²) in [6.07, 6.45) is 4.29. The molecule has 1 spiro atoms. The summed E-state index contributed by atoms with van der Waals surface area (Å²) >= 11 is 0. The predicted octanol–water partition coefficient (Wildman–Crippen LogP) is 2.78. The Bertz CT molecular complexity index is 995. The molecule has 0 aromatic heterocycles. The predicted molar refractivity (Wildman–Crippen MR) is 120 cm³/mol. The van der Waals surface area contributed by atoms with Crippen molar-refractivity contribution in [3.63, 3.8) is 0 Å². The third-order valence-corrected chi connectivity index (χ3v) is 7.00. The average Bonchev–Trinajstić information content (AvgIpc) is 3.26. The van der Waals surface area contributed by atoms with Crippen molar-refractivity contribution < 1.29 is 19.1 Å². The number of piperidine rings is 1. The summed E-state index contributed by atoms with van der Waals surface area (Å²) in [7, 11) is 3.33. The molecule has 5 rings (SSSR count). The third kappa shape index (κ3) is 3.34. The van der Waals surface area contributed by atoms with Crippen LogP contribution in [0.4, 0.5) is 0 Å². The molecule has 0 bridgehead atoms. The highest BCUT2D eigenvalue weighted by molar-refractivity contribution is 5.70. The lowest BCUT2D eigenvalue weighted by atomic mass is 9.92. The second kappa shape index (κ2) is 7.77. The molecule has 164 valence electrons. The normalized spacial score (nSPS) is 27.2. The van der Waals surface area contributed by atoms with Gasteiger partial charge < -0.3 is 24.5 Å². The van der Waals surface area contributed by atoms with Crippen LogP contribution in [0.3, 0.4) is 0 Å². The molecular formula is C25H32N3O3+. The van der Waals surface area contributed by atoms with Crippen LogP contribution in [0.15, 0.2) is 48.5 Å². The van der Waals surface area contributed by atoms with Crippen LogP contribution in [0.2, 0.25) is 0 Å². The van der Waals surface area contributed by atoms with Crippen LogP contribution in [-0.4, -0.2) is 44.1 Å². The number of nitrogens with zero attached hydrogens (tertiary/aromatic N) is 1. The van der Waals surface area contributed by atoms with Crippen molar-refractivity contribution in [3.8, 4) is 17.2 Å². The van der Waals surface area contributed by atoms with E-state index in [4.69, 9.17) is 14.2 Å². The van der Waals surface area contributed by atoms with Crippen LogP contribution in [0.1, 0.15) is 43.9 Å². The van der Waals surface area contributed by atoms with Gasteiger partial charge in [0.25, 0.3) is 0 Å². The number of benzene rings is 2. The van der Waals surface area contributed by atoms with Crippen LogP contribution >= 0.6 is 0 Å². The van der Waals surface area contributed by atoms with E-state index in [-0.39, 0.29) is 11.8 Å². The van der Waals surface area contributed by atoms with Crippen LogP contribution < -0.4 is 24.5 Å². The van der Waals surface area contributed by atoms with Gasteiger partial charge in [-0.15, -0.1) is 0 Å². The Labute approximate surface area is 184 Å². The van der Waals surface area contributed by atoms with Gasteiger partial charge in [-0.3, -0.25) is 0 Å². The molecule has 0 aliphatic carbocycles. The number of methoxy groups -OCH3 is 2. The number of rotatable bonds is 4. The Balaban J connectivity index is 1.51. The molecule has 1 atom stereocenters. The standard InChI is InChI=1S/C25H31N3O3/c1-17(2)27-13-11-25(12-14-27)28-21(19-7-5-6-8-22(19)31-25)16-20(26-28)18-9-10-23(29-3)24(15-18)30-4/h5-10,15-17,21,26H,11-14H2,1-4H3/p+1/t21-/m1/s1. The topological polar surface area (TPSA) is 47.4 Å². The van der Waals surface area contributed by atoms with Crippen LogP contribution in [0, 0.1) is 0 Å². The van der Waals surface area contributed by atoms with Crippen LogP contribution in [0.5, 0.6) is 17.2 Å². The van der Waals surface area contributed by atoms with Gasteiger partial charge in [-0.25, -0.2) is 0 Å². The first-order valence-corrected chi connectivity index (χ1v) is 11.2. The molecule has 3 aliphatic rings. The van der Waals surface area contributed by atoms with Crippen molar-refractivity contribution in [1.29, 1.82) is 0 Å². The first-order chi connectivity index (χ1) is 15.0. The van der Waals surface area contributed by atoms with Gasteiger partial charge in [0.1, 0.15) is 5.75 Å². The van der Waals surface area contributed by atoms with Crippen molar-refractivity contribution in [2.24, 2.45) is 0 Å². The number of nitrogens with one attached hydrogen (secondary N) is 2. The molecule has 3 aliphatic heterocycles. The van der Waals surface area contributed by atoms with Gasteiger partial charge in [0.2, 0.25) is 0 Å². The Hall–Kier alpha value is -2.70. The highest BCUT2D eigenvalue weighted by atomic mass is 16.5. The maximum absolute atomic E-state index is 6.74. The van der Waals surface area contributed by atoms with Gasteiger partial charge in [0, 0.05) is 11.1 Å². The lowest BCUT2D eigenvalue weighted by Crippen LogP contribution is -3.16. The fraction of sp³-hybridized carbons (Fsp3) is 0.440. The summed E-state index contributed by atoms with van der Waals surface area (Å²) < 4.78 is 17.7. The minimum Gasteiger partial charge on any atom is -0.493 e. The zero-order chi connectivity index (χ0) is 21.6. The number of fused-ring (bicyclic) bond motifs is 4. The molecule has 6 heteroatoms. The summed E-state index contributed by atoms with van der Waals surface area (Å²) in [6.45, 7) is 6.82. The Morgan fingerprint density at radius 1 is 1.06 bits per heavy atom. The lowest BCUT2D eigenvalue weighted by Gasteiger charge is -2.51. The van der Waals surface area contributed by atoms with E-state index in [1.54, 1.807) is 19.1 Å². The number of quaternary nitrogens is 1. The fourth-order valence-corrected chi connectivity index (χ4v) is 5.17. The Morgan fingerprint density at radius 2 is 1.81 bits per heavy atom. The molecule has 0 radical (unpaired) electrons. The zero-order valence-electron chi connectivity index (χ0n) is 18.8. The summed E-state index contributed by atoms with van der Waals surface area (Å²) in [4.78, 5) is 1.65. The zero-order valence-corrected chi connectivity index (χ0v) is 18.8. The smallest absolute Gasteiger partial charge is 0.191 e. The fourth-order valence-electron chi connectivity index (χ4n) is 5.17. The molecule has 0 unspecified atom stereocenters. The Kier molecular flexibility index (Phi) is 5.07. The molecule has 3 heterocycles. The number of likely N-dealkylation sites (tertiary alicyclic amines) is 1. The molecule has 6 nitrogen and oxygen atoms in total. The van der Waals surface area contributed by atoms with Gasteiger partial charge >= 0.3 is 0 Å². The molecular weight excluding hydrogens is 390 g/mol. The number of para-hydroxylation sites is 1. The highest BCUT2D eigenvalue weighted by Gasteiger charge is 2.52. The minimum absolute atomic E-state index is 0.133.